The lowest BCUT2D eigenvalue weighted by Gasteiger charge is -2.54. The molecule has 0 unspecified atom stereocenters. The van der Waals surface area contributed by atoms with Gasteiger partial charge in [-0.05, 0) is 72.8 Å². The average Bonchev–Trinajstić information content (AvgIpc) is 3.19. The molecule has 1 aliphatic heterocycles. The number of Topliss-reactive ketones (excluding diaryl/α,β-unsaturated/α-hetero) is 1. The van der Waals surface area contributed by atoms with Gasteiger partial charge in [0.1, 0.15) is 0 Å². The van der Waals surface area contributed by atoms with Gasteiger partial charge >= 0.3 is 0 Å². The molecule has 0 aromatic heterocycles. The highest BCUT2D eigenvalue weighted by Crippen LogP contribution is 2.71. The Labute approximate surface area is 126 Å². The minimum atomic E-state index is 0.220. The van der Waals surface area contributed by atoms with E-state index in [1.54, 1.807) is 0 Å². The normalized spacial score (nSPS) is 53.9. The Morgan fingerprint density at radius 3 is 2.90 bits per heavy atom. The zero-order valence-electron chi connectivity index (χ0n) is 13.1. The lowest BCUT2D eigenvalue weighted by molar-refractivity contribution is -0.117. The van der Waals surface area contributed by atoms with Crippen molar-refractivity contribution in [3.05, 3.63) is 23.3 Å². The maximum Gasteiger partial charge on any atom is 0.158 e. The third-order valence-corrected chi connectivity index (χ3v) is 7.67. The fraction of sp³-hybridized carbons (Fsp3) is 0.737. The van der Waals surface area contributed by atoms with Gasteiger partial charge in [0, 0.05) is 6.42 Å². The summed E-state index contributed by atoms with van der Waals surface area (Å²) >= 11 is 0. The van der Waals surface area contributed by atoms with Crippen LogP contribution < -0.4 is 0 Å². The Hall–Kier alpha value is -0.890. The smallest absolute Gasteiger partial charge is 0.158 e. The summed E-state index contributed by atoms with van der Waals surface area (Å²) < 4.78 is 5.92. The van der Waals surface area contributed by atoms with E-state index in [2.05, 4.69) is 19.1 Å². The first kappa shape index (κ1) is 12.6. The molecule has 5 rings (SSSR count). The standard InChI is InChI=1S/C19H24O2/c1-12-14-5-8-18-9-13(19(10-18)11-21-19)3-4-16(18)17(14,2)7-6-15(12)20/h5,8,13,16H,3-4,6-7,9-11H2,1-2H3/t13-,16+,17-,18+,19+/m1/s1. The second-order valence-electron chi connectivity index (χ2n) is 8.51. The Balaban J connectivity index is 1.67. The van der Waals surface area contributed by atoms with E-state index < -0.39 is 0 Å². The van der Waals surface area contributed by atoms with E-state index in [9.17, 15) is 4.79 Å². The van der Waals surface area contributed by atoms with Crippen molar-refractivity contribution in [1.82, 2.24) is 0 Å². The summed E-state index contributed by atoms with van der Waals surface area (Å²) in [7, 11) is 0. The minimum Gasteiger partial charge on any atom is -0.369 e. The van der Waals surface area contributed by atoms with Gasteiger partial charge in [-0.2, -0.15) is 0 Å². The Morgan fingerprint density at radius 2 is 2.14 bits per heavy atom. The average molecular weight is 284 g/mol. The number of carbonyl (C=O) groups excluding carboxylic acids is 1. The summed E-state index contributed by atoms with van der Waals surface area (Å²) in [5.74, 6) is 1.87. The summed E-state index contributed by atoms with van der Waals surface area (Å²) in [5, 5.41) is 0. The Bertz CT molecular complexity index is 609. The lowest BCUT2D eigenvalue weighted by atomic mass is 9.49. The topological polar surface area (TPSA) is 29.6 Å². The van der Waals surface area contributed by atoms with Gasteiger partial charge in [0.25, 0.3) is 0 Å². The maximum absolute atomic E-state index is 12.1. The number of fused-ring (bicyclic) bond motifs is 4. The van der Waals surface area contributed by atoms with E-state index in [0.29, 0.717) is 17.1 Å². The number of epoxide rings is 1. The molecule has 1 saturated heterocycles. The van der Waals surface area contributed by atoms with Crippen LogP contribution in [0, 0.1) is 22.7 Å². The second-order valence-corrected chi connectivity index (χ2v) is 8.51. The van der Waals surface area contributed by atoms with Gasteiger partial charge in [-0.25, -0.2) is 0 Å². The molecule has 3 fully saturated rings. The number of hydrogen-bond acceptors (Lipinski definition) is 2. The first-order valence-corrected chi connectivity index (χ1v) is 8.57. The van der Waals surface area contributed by atoms with Crippen molar-refractivity contribution in [2.45, 2.75) is 58.0 Å². The number of rotatable bonds is 0. The molecule has 21 heavy (non-hydrogen) atoms. The van der Waals surface area contributed by atoms with Gasteiger partial charge in [0.2, 0.25) is 0 Å². The number of ether oxygens (including phenoxy) is 1. The van der Waals surface area contributed by atoms with Crippen LogP contribution in [0.2, 0.25) is 0 Å². The van der Waals surface area contributed by atoms with Crippen LogP contribution in [0.4, 0.5) is 0 Å². The van der Waals surface area contributed by atoms with Gasteiger partial charge in [-0.3, -0.25) is 4.79 Å². The lowest BCUT2D eigenvalue weighted by Crippen LogP contribution is -2.46. The zero-order chi connectivity index (χ0) is 14.5. The Morgan fingerprint density at radius 1 is 1.33 bits per heavy atom. The molecule has 0 radical (unpaired) electrons. The summed E-state index contributed by atoms with van der Waals surface area (Å²) in [6.45, 7) is 5.48. The van der Waals surface area contributed by atoms with Crippen LogP contribution in [0.15, 0.2) is 23.3 Å². The van der Waals surface area contributed by atoms with Crippen molar-refractivity contribution in [1.29, 1.82) is 0 Å². The van der Waals surface area contributed by atoms with Gasteiger partial charge in [0.15, 0.2) is 5.78 Å². The highest BCUT2D eigenvalue weighted by atomic mass is 16.6. The molecular formula is C19H24O2. The van der Waals surface area contributed by atoms with Gasteiger partial charge in [-0.15, -0.1) is 0 Å². The number of allylic oxidation sites excluding steroid dienone is 4. The SMILES string of the molecule is CC1=C2C=C[C@@]34C[C@@H](CC[C@H]3[C@]2(C)CCC1=O)[C@@]1(CO1)C4. The van der Waals surface area contributed by atoms with Crippen molar-refractivity contribution >= 4 is 5.78 Å². The number of hydrogen-bond donors (Lipinski definition) is 0. The fourth-order valence-electron chi connectivity index (χ4n) is 6.53. The monoisotopic (exact) mass is 284 g/mol. The van der Waals surface area contributed by atoms with E-state index >= 15 is 0 Å². The number of carbonyl (C=O) groups is 1. The van der Waals surface area contributed by atoms with Gasteiger partial charge < -0.3 is 4.74 Å². The Kier molecular flexibility index (Phi) is 2.13. The van der Waals surface area contributed by atoms with Crippen LogP contribution in [0.5, 0.6) is 0 Å². The predicted octanol–water partition coefficient (Wildman–Crippen LogP) is 3.82. The van der Waals surface area contributed by atoms with Gasteiger partial charge in [0.05, 0.1) is 12.2 Å². The molecule has 0 amide bonds. The minimum absolute atomic E-state index is 0.220. The van der Waals surface area contributed by atoms with Gasteiger partial charge in [-0.1, -0.05) is 19.1 Å². The molecule has 1 heterocycles. The summed E-state index contributed by atoms with van der Waals surface area (Å²) in [5.41, 5.74) is 3.21. The first-order chi connectivity index (χ1) is 9.99. The molecule has 0 aromatic rings. The van der Waals surface area contributed by atoms with E-state index in [-0.39, 0.29) is 11.0 Å². The summed E-state index contributed by atoms with van der Waals surface area (Å²) in [4.78, 5) is 12.1. The van der Waals surface area contributed by atoms with Crippen LogP contribution in [-0.4, -0.2) is 18.0 Å². The van der Waals surface area contributed by atoms with Crippen molar-refractivity contribution in [3.8, 4) is 0 Å². The summed E-state index contributed by atoms with van der Waals surface area (Å²) in [6.07, 6.45) is 11.8. The number of ketones is 1. The van der Waals surface area contributed by atoms with Crippen molar-refractivity contribution in [2.24, 2.45) is 22.7 Å². The molecule has 2 nitrogen and oxygen atoms in total. The zero-order valence-corrected chi connectivity index (χ0v) is 13.1. The maximum atomic E-state index is 12.1. The van der Waals surface area contributed by atoms with Crippen LogP contribution in [-0.2, 0) is 9.53 Å². The first-order valence-electron chi connectivity index (χ1n) is 8.57. The molecule has 112 valence electrons. The fourth-order valence-corrected chi connectivity index (χ4v) is 6.53. The largest absolute Gasteiger partial charge is 0.369 e. The molecule has 2 saturated carbocycles. The quantitative estimate of drug-likeness (QED) is 0.633. The van der Waals surface area contributed by atoms with Crippen LogP contribution in [0.3, 0.4) is 0 Å². The highest BCUT2D eigenvalue weighted by molar-refractivity contribution is 5.97. The molecule has 4 aliphatic carbocycles. The molecule has 2 heteroatoms. The van der Waals surface area contributed by atoms with Crippen LogP contribution in [0.25, 0.3) is 0 Å². The van der Waals surface area contributed by atoms with Crippen LogP contribution in [0.1, 0.15) is 52.4 Å². The van der Waals surface area contributed by atoms with Crippen molar-refractivity contribution in [3.63, 3.8) is 0 Å². The van der Waals surface area contributed by atoms with Crippen LogP contribution >= 0.6 is 0 Å². The van der Waals surface area contributed by atoms with E-state index in [0.717, 1.165) is 30.9 Å². The highest BCUT2D eigenvalue weighted by Gasteiger charge is 2.68. The van der Waals surface area contributed by atoms with E-state index in [4.69, 9.17) is 4.74 Å². The third kappa shape index (κ3) is 1.36. The predicted molar refractivity (Wildman–Crippen MR) is 80.8 cm³/mol. The van der Waals surface area contributed by atoms with E-state index in [1.165, 1.54) is 31.3 Å². The molecule has 2 spiro atoms. The molecule has 5 aliphatic rings. The molecule has 0 aromatic carbocycles. The van der Waals surface area contributed by atoms with Crippen molar-refractivity contribution in [2.75, 3.05) is 6.61 Å². The molecular weight excluding hydrogens is 260 g/mol. The molecule has 5 atom stereocenters. The second kappa shape index (κ2) is 3.53. The molecule has 2 bridgehead atoms. The van der Waals surface area contributed by atoms with E-state index in [1.807, 2.05) is 6.92 Å². The molecule has 0 N–H and O–H groups in total. The van der Waals surface area contributed by atoms with Crippen molar-refractivity contribution < 1.29 is 9.53 Å². The summed E-state index contributed by atoms with van der Waals surface area (Å²) in [6, 6.07) is 0. The third-order valence-electron chi connectivity index (χ3n) is 7.67.